The molecule has 1 saturated heterocycles. The fourth-order valence-corrected chi connectivity index (χ4v) is 2.96. The maximum absolute atomic E-state index is 12.3. The van der Waals surface area contributed by atoms with Gasteiger partial charge in [-0.3, -0.25) is 9.78 Å². The van der Waals surface area contributed by atoms with Crippen molar-refractivity contribution in [2.45, 2.75) is 18.9 Å². The summed E-state index contributed by atoms with van der Waals surface area (Å²) in [7, 11) is 0. The lowest BCUT2D eigenvalue weighted by Crippen LogP contribution is -2.48. The number of fused-ring (bicyclic) bond motifs is 1. The summed E-state index contributed by atoms with van der Waals surface area (Å²) in [4.78, 5) is 18.5. The van der Waals surface area contributed by atoms with Crippen molar-refractivity contribution in [3.8, 4) is 0 Å². The van der Waals surface area contributed by atoms with E-state index in [2.05, 4.69) is 30.5 Å². The average Bonchev–Trinajstić information content (AvgIpc) is 3.10. The van der Waals surface area contributed by atoms with Gasteiger partial charge in [0, 0.05) is 31.5 Å². The van der Waals surface area contributed by atoms with E-state index in [1.807, 2.05) is 12.1 Å². The Kier molecular flexibility index (Phi) is 3.78. The molecule has 1 atom stereocenters. The number of anilines is 1. The first-order chi connectivity index (χ1) is 11.8. The van der Waals surface area contributed by atoms with Gasteiger partial charge in [-0.05, 0) is 37.1 Å². The quantitative estimate of drug-likeness (QED) is 0.771. The van der Waals surface area contributed by atoms with Crippen molar-refractivity contribution in [2.75, 3.05) is 18.0 Å². The largest absolute Gasteiger partial charge is 0.353 e. The van der Waals surface area contributed by atoms with Crippen LogP contribution in [0.2, 0.25) is 0 Å². The first-order valence-corrected chi connectivity index (χ1v) is 7.92. The van der Waals surface area contributed by atoms with Crippen LogP contribution in [-0.2, 0) is 0 Å². The second-order valence-corrected chi connectivity index (χ2v) is 5.83. The Morgan fingerprint density at radius 3 is 3.12 bits per heavy atom. The van der Waals surface area contributed by atoms with Gasteiger partial charge in [0.2, 0.25) is 0 Å². The number of hydrogen-bond donors (Lipinski definition) is 1. The second-order valence-electron chi connectivity index (χ2n) is 5.83. The lowest BCUT2D eigenvalue weighted by atomic mass is 10.1. The molecule has 3 aromatic heterocycles. The standard InChI is InChI=1S/C16H17N7O/c24-16(12-3-1-7-17-9-12)19-13-4-2-8-22(10-13)15-6-5-14-20-18-11-23(14)21-15/h1,3,5-7,9,11,13H,2,4,8,10H2,(H,19,24). The smallest absolute Gasteiger partial charge is 0.253 e. The number of nitrogens with zero attached hydrogens (tertiary/aromatic N) is 6. The van der Waals surface area contributed by atoms with Crippen molar-refractivity contribution in [1.29, 1.82) is 0 Å². The molecule has 0 aromatic carbocycles. The zero-order valence-corrected chi connectivity index (χ0v) is 13.0. The Hall–Kier alpha value is -3.03. The van der Waals surface area contributed by atoms with Crippen molar-refractivity contribution < 1.29 is 4.79 Å². The fourth-order valence-electron chi connectivity index (χ4n) is 2.96. The molecule has 0 spiro atoms. The molecule has 0 radical (unpaired) electrons. The molecule has 1 amide bonds. The molecule has 0 saturated carbocycles. The van der Waals surface area contributed by atoms with Gasteiger partial charge in [0.15, 0.2) is 5.65 Å². The Morgan fingerprint density at radius 1 is 1.29 bits per heavy atom. The van der Waals surface area contributed by atoms with E-state index in [9.17, 15) is 4.79 Å². The zero-order chi connectivity index (χ0) is 16.4. The number of carbonyl (C=O) groups is 1. The fraction of sp³-hybridized carbons (Fsp3) is 0.312. The van der Waals surface area contributed by atoms with Gasteiger partial charge in [0.25, 0.3) is 5.91 Å². The number of aromatic nitrogens is 5. The van der Waals surface area contributed by atoms with E-state index >= 15 is 0 Å². The normalized spacial score (nSPS) is 17.8. The van der Waals surface area contributed by atoms with E-state index < -0.39 is 0 Å². The van der Waals surface area contributed by atoms with Gasteiger partial charge in [-0.15, -0.1) is 15.3 Å². The Balaban J connectivity index is 1.46. The number of carbonyl (C=O) groups excluding carboxylic acids is 1. The van der Waals surface area contributed by atoms with Crippen LogP contribution in [0.3, 0.4) is 0 Å². The van der Waals surface area contributed by atoms with E-state index in [-0.39, 0.29) is 11.9 Å². The maximum atomic E-state index is 12.3. The highest BCUT2D eigenvalue weighted by atomic mass is 16.1. The highest BCUT2D eigenvalue weighted by Crippen LogP contribution is 2.18. The maximum Gasteiger partial charge on any atom is 0.253 e. The Morgan fingerprint density at radius 2 is 2.25 bits per heavy atom. The van der Waals surface area contributed by atoms with Crippen molar-refractivity contribution in [2.24, 2.45) is 0 Å². The molecule has 1 unspecified atom stereocenters. The minimum atomic E-state index is -0.0860. The third kappa shape index (κ3) is 2.90. The molecular weight excluding hydrogens is 306 g/mol. The predicted molar refractivity (Wildman–Crippen MR) is 87.7 cm³/mol. The van der Waals surface area contributed by atoms with Crippen LogP contribution < -0.4 is 10.2 Å². The van der Waals surface area contributed by atoms with Gasteiger partial charge in [-0.2, -0.15) is 4.52 Å². The highest BCUT2D eigenvalue weighted by molar-refractivity contribution is 5.94. The molecule has 3 aromatic rings. The summed E-state index contributed by atoms with van der Waals surface area (Å²) in [5.74, 6) is 0.778. The minimum Gasteiger partial charge on any atom is -0.353 e. The van der Waals surface area contributed by atoms with Crippen molar-refractivity contribution in [3.05, 3.63) is 48.5 Å². The van der Waals surface area contributed by atoms with E-state index in [0.717, 1.165) is 37.4 Å². The number of piperidine rings is 1. The highest BCUT2D eigenvalue weighted by Gasteiger charge is 2.23. The molecule has 4 rings (SSSR count). The second kappa shape index (κ2) is 6.23. The number of hydrogen-bond acceptors (Lipinski definition) is 6. The van der Waals surface area contributed by atoms with E-state index in [1.165, 1.54) is 0 Å². The van der Waals surface area contributed by atoms with Gasteiger partial charge in [0.1, 0.15) is 12.1 Å². The SMILES string of the molecule is O=C(NC1CCCN(c2ccc3nncn3n2)C1)c1cccnc1. The van der Waals surface area contributed by atoms with Crippen LogP contribution in [0.15, 0.2) is 43.0 Å². The van der Waals surface area contributed by atoms with Crippen molar-refractivity contribution in [3.63, 3.8) is 0 Å². The zero-order valence-electron chi connectivity index (χ0n) is 13.0. The monoisotopic (exact) mass is 323 g/mol. The molecule has 0 aliphatic carbocycles. The summed E-state index contributed by atoms with van der Waals surface area (Å²) in [5.41, 5.74) is 1.30. The topological polar surface area (TPSA) is 88.3 Å². The van der Waals surface area contributed by atoms with Crippen LogP contribution in [0.4, 0.5) is 5.82 Å². The summed E-state index contributed by atoms with van der Waals surface area (Å²) < 4.78 is 1.66. The first kappa shape index (κ1) is 14.6. The van der Waals surface area contributed by atoms with Gasteiger partial charge in [0.05, 0.1) is 5.56 Å². The average molecular weight is 323 g/mol. The number of pyridine rings is 1. The summed E-state index contributed by atoms with van der Waals surface area (Å²) in [5, 5.41) is 15.4. The number of nitrogens with one attached hydrogen (secondary N) is 1. The number of amides is 1. The molecule has 1 aliphatic heterocycles. The molecule has 0 bridgehead atoms. The van der Waals surface area contributed by atoms with E-state index in [4.69, 9.17) is 0 Å². The Bertz CT molecular complexity index is 848. The lowest BCUT2D eigenvalue weighted by Gasteiger charge is -2.33. The Labute approximate surface area is 138 Å². The predicted octanol–water partition coefficient (Wildman–Crippen LogP) is 0.918. The van der Waals surface area contributed by atoms with E-state index in [0.29, 0.717) is 5.56 Å². The summed E-state index contributed by atoms with van der Waals surface area (Å²) in [6, 6.07) is 7.46. The molecule has 122 valence electrons. The van der Waals surface area contributed by atoms with Gasteiger partial charge >= 0.3 is 0 Å². The van der Waals surface area contributed by atoms with Crippen molar-refractivity contribution >= 4 is 17.4 Å². The van der Waals surface area contributed by atoms with Crippen LogP contribution in [0, 0.1) is 0 Å². The van der Waals surface area contributed by atoms with Crippen LogP contribution in [0.5, 0.6) is 0 Å². The van der Waals surface area contributed by atoms with Crippen LogP contribution >= 0.6 is 0 Å². The van der Waals surface area contributed by atoms with Crippen LogP contribution in [0.1, 0.15) is 23.2 Å². The molecule has 1 aliphatic rings. The molecule has 24 heavy (non-hydrogen) atoms. The molecule has 4 heterocycles. The van der Waals surface area contributed by atoms with Gasteiger partial charge in [-0.1, -0.05) is 0 Å². The molecule has 8 nitrogen and oxygen atoms in total. The lowest BCUT2D eigenvalue weighted by molar-refractivity contribution is 0.0932. The van der Waals surface area contributed by atoms with Gasteiger partial charge < -0.3 is 10.2 Å². The molecule has 1 N–H and O–H groups in total. The number of rotatable bonds is 3. The first-order valence-electron chi connectivity index (χ1n) is 7.92. The van der Waals surface area contributed by atoms with E-state index in [1.54, 1.807) is 35.4 Å². The van der Waals surface area contributed by atoms with Crippen LogP contribution in [0.25, 0.3) is 5.65 Å². The van der Waals surface area contributed by atoms with Crippen molar-refractivity contribution in [1.82, 2.24) is 30.1 Å². The summed E-state index contributed by atoms with van der Waals surface area (Å²) >= 11 is 0. The molecule has 1 fully saturated rings. The summed E-state index contributed by atoms with van der Waals surface area (Å²) in [6.07, 6.45) is 6.78. The molecular formula is C16H17N7O. The summed E-state index contributed by atoms with van der Waals surface area (Å²) in [6.45, 7) is 1.65. The minimum absolute atomic E-state index is 0.0860. The third-order valence-corrected chi connectivity index (χ3v) is 4.15. The van der Waals surface area contributed by atoms with Crippen LogP contribution in [-0.4, -0.2) is 49.8 Å². The molecule has 8 heteroatoms. The third-order valence-electron chi connectivity index (χ3n) is 4.15. The van der Waals surface area contributed by atoms with Gasteiger partial charge in [-0.25, -0.2) is 0 Å².